The van der Waals surface area contributed by atoms with Crippen LogP contribution in [0.2, 0.25) is 0 Å². The van der Waals surface area contributed by atoms with Crippen LogP contribution >= 0.6 is 11.8 Å². The van der Waals surface area contributed by atoms with E-state index >= 15 is 0 Å². The predicted octanol–water partition coefficient (Wildman–Crippen LogP) is 1.57. The van der Waals surface area contributed by atoms with Crippen molar-refractivity contribution >= 4 is 11.8 Å². The Morgan fingerprint density at radius 1 is 1.56 bits per heavy atom. The Kier molecular flexibility index (Phi) is 1.06. The van der Waals surface area contributed by atoms with Crippen LogP contribution in [0.15, 0.2) is 12.2 Å². The number of thioether (sulfide) groups is 1. The van der Waals surface area contributed by atoms with E-state index in [9.17, 15) is 0 Å². The second kappa shape index (κ2) is 1.78. The molecular formula is C7H7NS. The van der Waals surface area contributed by atoms with Crippen LogP contribution in [-0.4, -0.2) is 10.5 Å². The van der Waals surface area contributed by atoms with Gasteiger partial charge in [-0.1, -0.05) is 12.2 Å². The Morgan fingerprint density at radius 2 is 2.44 bits per heavy atom. The largest absolute Gasteiger partial charge is 0.197 e. The van der Waals surface area contributed by atoms with Gasteiger partial charge < -0.3 is 0 Å². The highest BCUT2D eigenvalue weighted by Gasteiger charge is 2.36. The Hall–Kier alpha value is -0.420. The SMILES string of the molecule is N#CC1SC2C=CC1C2. The fourth-order valence-corrected chi connectivity index (χ4v) is 2.79. The van der Waals surface area contributed by atoms with Crippen molar-refractivity contribution in [1.29, 1.82) is 5.26 Å². The van der Waals surface area contributed by atoms with Crippen molar-refractivity contribution in [3.05, 3.63) is 12.2 Å². The van der Waals surface area contributed by atoms with E-state index in [1.807, 2.05) is 11.8 Å². The number of allylic oxidation sites excluding steroid dienone is 1. The normalized spacial score (nSPS) is 45.4. The maximum absolute atomic E-state index is 8.58. The zero-order valence-electron chi connectivity index (χ0n) is 4.95. The molecule has 3 unspecified atom stereocenters. The molecular weight excluding hydrogens is 130 g/mol. The van der Waals surface area contributed by atoms with Crippen molar-refractivity contribution in [1.82, 2.24) is 0 Å². The number of nitrogens with zero attached hydrogens (tertiary/aromatic N) is 1. The number of fused-ring (bicyclic) bond motifs is 2. The summed E-state index contributed by atoms with van der Waals surface area (Å²) in [7, 11) is 0. The minimum absolute atomic E-state index is 0.264. The van der Waals surface area contributed by atoms with Crippen molar-refractivity contribution in [3.8, 4) is 6.07 Å². The fraction of sp³-hybridized carbons (Fsp3) is 0.571. The summed E-state index contributed by atoms with van der Waals surface area (Å²) in [5.74, 6) is 0.574. The maximum atomic E-state index is 8.58. The van der Waals surface area contributed by atoms with Crippen molar-refractivity contribution in [3.63, 3.8) is 0 Å². The standard InChI is InChI=1S/C7H7NS/c8-4-7-5-1-2-6(3-5)9-7/h1-2,5-7H,3H2. The molecule has 0 aromatic carbocycles. The zero-order chi connectivity index (χ0) is 6.27. The Labute approximate surface area is 58.7 Å². The molecule has 2 bridgehead atoms. The zero-order valence-corrected chi connectivity index (χ0v) is 5.77. The highest BCUT2D eigenvalue weighted by Crippen LogP contribution is 2.44. The van der Waals surface area contributed by atoms with Gasteiger partial charge in [-0.25, -0.2) is 0 Å². The molecule has 2 aliphatic rings. The van der Waals surface area contributed by atoms with E-state index in [1.54, 1.807) is 0 Å². The summed E-state index contributed by atoms with van der Waals surface area (Å²) < 4.78 is 0. The summed E-state index contributed by atoms with van der Waals surface area (Å²) >= 11 is 1.81. The van der Waals surface area contributed by atoms with Crippen LogP contribution in [-0.2, 0) is 0 Å². The van der Waals surface area contributed by atoms with Crippen LogP contribution in [0.5, 0.6) is 0 Å². The molecule has 2 heteroatoms. The second-order valence-corrected chi connectivity index (χ2v) is 3.89. The predicted molar refractivity (Wildman–Crippen MR) is 38.0 cm³/mol. The van der Waals surface area contributed by atoms with Gasteiger partial charge in [0.1, 0.15) is 0 Å². The molecule has 1 saturated heterocycles. The first-order valence-electron chi connectivity index (χ1n) is 3.13. The average Bonchev–Trinajstić information content (AvgIpc) is 2.45. The van der Waals surface area contributed by atoms with Gasteiger partial charge >= 0.3 is 0 Å². The molecule has 0 saturated carbocycles. The van der Waals surface area contributed by atoms with Crippen LogP contribution in [0.1, 0.15) is 6.42 Å². The molecule has 0 N–H and O–H groups in total. The van der Waals surface area contributed by atoms with Crippen molar-refractivity contribution < 1.29 is 0 Å². The molecule has 0 radical (unpaired) electrons. The van der Waals surface area contributed by atoms with Gasteiger partial charge in [0.05, 0.1) is 11.3 Å². The topological polar surface area (TPSA) is 23.8 Å². The Bertz CT molecular complexity index is 192. The smallest absolute Gasteiger partial charge is 0.0985 e. The van der Waals surface area contributed by atoms with Crippen LogP contribution in [0, 0.1) is 17.2 Å². The van der Waals surface area contributed by atoms with Crippen LogP contribution in [0.25, 0.3) is 0 Å². The summed E-state index contributed by atoms with van der Waals surface area (Å²) in [6, 6.07) is 2.31. The van der Waals surface area contributed by atoms with Gasteiger partial charge in [0.15, 0.2) is 0 Å². The molecule has 1 heterocycles. The molecule has 2 rings (SSSR count). The average molecular weight is 137 g/mol. The van der Waals surface area contributed by atoms with E-state index in [-0.39, 0.29) is 5.25 Å². The van der Waals surface area contributed by atoms with Gasteiger partial charge in [-0.3, -0.25) is 0 Å². The van der Waals surface area contributed by atoms with Gasteiger partial charge in [-0.15, -0.1) is 11.8 Å². The quantitative estimate of drug-likeness (QED) is 0.473. The van der Waals surface area contributed by atoms with E-state index < -0.39 is 0 Å². The molecule has 0 spiro atoms. The summed E-state index contributed by atoms with van der Waals surface area (Å²) in [6.07, 6.45) is 5.63. The molecule has 1 fully saturated rings. The molecule has 0 amide bonds. The third-order valence-corrected chi connectivity index (χ3v) is 3.36. The molecule has 1 aliphatic heterocycles. The summed E-state index contributed by atoms with van der Waals surface area (Å²) in [5, 5.41) is 9.51. The first kappa shape index (κ1) is 5.37. The summed E-state index contributed by atoms with van der Waals surface area (Å²) in [5.41, 5.74) is 0. The van der Waals surface area contributed by atoms with Gasteiger partial charge in [-0.2, -0.15) is 5.26 Å². The minimum Gasteiger partial charge on any atom is -0.197 e. The first-order valence-corrected chi connectivity index (χ1v) is 4.08. The number of nitriles is 1. The fourth-order valence-electron chi connectivity index (χ4n) is 1.43. The van der Waals surface area contributed by atoms with E-state index in [4.69, 9.17) is 5.26 Å². The molecule has 1 aliphatic carbocycles. The summed E-state index contributed by atoms with van der Waals surface area (Å²) in [6.45, 7) is 0. The Balaban J connectivity index is 2.22. The molecule has 46 valence electrons. The maximum Gasteiger partial charge on any atom is 0.0985 e. The lowest BCUT2D eigenvalue weighted by atomic mass is 10.1. The number of hydrogen-bond acceptors (Lipinski definition) is 2. The Morgan fingerprint density at radius 3 is 2.78 bits per heavy atom. The molecule has 1 nitrogen and oxygen atoms in total. The molecule has 0 aromatic heterocycles. The number of rotatable bonds is 0. The van der Waals surface area contributed by atoms with E-state index in [0.29, 0.717) is 11.2 Å². The van der Waals surface area contributed by atoms with Gasteiger partial charge in [0, 0.05) is 11.2 Å². The van der Waals surface area contributed by atoms with E-state index in [2.05, 4.69) is 18.2 Å². The third-order valence-electron chi connectivity index (χ3n) is 1.91. The lowest BCUT2D eigenvalue weighted by Crippen LogP contribution is -2.05. The lowest BCUT2D eigenvalue weighted by molar-refractivity contribution is 0.704. The third kappa shape index (κ3) is 0.684. The van der Waals surface area contributed by atoms with E-state index in [1.165, 1.54) is 6.42 Å². The molecule has 0 aromatic rings. The van der Waals surface area contributed by atoms with Gasteiger partial charge in [-0.05, 0) is 6.42 Å². The minimum atomic E-state index is 0.264. The first-order chi connectivity index (χ1) is 4.40. The van der Waals surface area contributed by atoms with Gasteiger partial charge in [0.25, 0.3) is 0 Å². The van der Waals surface area contributed by atoms with Crippen molar-refractivity contribution in [2.24, 2.45) is 5.92 Å². The molecule has 9 heavy (non-hydrogen) atoms. The monoisotopic (exact) mass is 137 g/mol. The van der Waals surface area contributed by atoms with Crippen molar-refractivity contribution in [2.45, 2.75) is 16.9 Å². The second-order valence-electron chi connectivity index (χ2n) is 2.51. The van der Waals surface area contributed by atoms with Crippen molar-refractivity contribution in [2.75, 3.05) is 0 Å². The number of hydrogen-bond donors (Lipinski definition) is 0. The van der Waals surface area contributed by atoms with Crippen LogP contribution in [0.3, 0.4) is 0 Å². The van der Waals surface area contributed by atoms with Gasteiger partial charge in [0.2, 0.25) is 0 Å². The molecule has 3 atom stereocenters. The van der Waals surface area contributed by atoms with Crippen LogP contribution in [0.4, 0.5) is 0 Å². The summed E-state index contributed by atoms with van der Waals surface area (Å²) in [4.78, 5) is 0. The lowest BCUT2D eigenvalue weighted by Gasteiger charge is -2.06. The highest BCUT2D eigenvalue weighted by molar-refractivity contribution is 8.01. The van der Waals surface area contributed by atoms with Crippen LogP contribution < -0.4 is 0 Å². The highest BCUT2D eigenvalue weighted by atomic mass is 32.2. The van der Waals surface area contributed by atoms with E-state index in [0.717, 1.165) is 0 Å².